The van der Waals surface area contributed by atoms with Crippen LogP contribution in [0.4, 0.5) is 0 Å². The zero-order valence-corrected chi connectivity index (χ0v) is 14.1. The summed E-state index contributed by atoms with van der Waals surface area (Å²) in [7, 11) is 1.60. The van der Waals surface area contributed by atoms with Gasteiger partial charge >= 0.3 is 0 Å². The molecule has 2 N–H and O–H groups in total. The number of amidine groups is 1. The first-order valence-corrected chi connectivity index (χ1v) is 8.12. The van der Waals surface area contributed by atoms with Crippen molar-refractivity contribution >= 4 is 11.7 Å². The van der Waals surface area contributed by atoms with Crippen LogP contribution < -0.4 is 10.5 Å². The van der Waals surface area contributed by atoms with E-state index in [0.29, 0.717) is 18.7 Å². The zero-order chi connectivity index (χ0) is 17.6. The lowest BCUT2D eigenvalue weighted by Gasteiger charge is -2.28. The Balaban J connectivity index is 1.53. The molecule has 0 aliphatic carbocycles. The highest BCUT2D eigenvalue weighted by Crippen LogP contribution is 2.18. The molecule has 0 spiro atoms. The first kappa shape index (κ1) is 16.8. The van der Waals surface area contributed by atoms with E-state index < -0.39 is 0 Å². The van der Waals surface area contributed by atoms with Crippen molar-refractivity contribution in [3.05, 3.63) is 65.2 Å². The van der Waals surface area contributed by atoms with Gasteiger partial charge in [0.1, 0.15) is 5.75 Å². The van der Waals surface area contributed by atoms with Crippen molar-refractivity contribution in [2.24, 2.45) is 10.9 Å². The van der Waals surface area contributed by atoms with Crippen LogP contribution in [0.2, 0.25) is 0 Å². The molecular weight excluding hydrogens is 318 g/mol. The molecule has 1 aliphatic rings. The highest BCUT2D eigenvalue weighted by atomic mass is 16.6. The Kier molecular flexibility index (Phi) is 5.18. The number of nitrogens with two attached hydrogens (primary N) is 1. The van der Waals surface area contributed by atoms with Crippen LogP contribution in [0.25, 0.3) is 0 Å². The number of fused-ring (bicyclic) bond motifs is 1. The molecule has 3 rings (SSSR count). The molecule has 130 valence electrons. The second kappa shape index (κ2) is 7.70. The normalized spacial score (nSPS) is 14.0. The molecule has 0 bridgehead atoms. The molecule has 0 aromatic heterocycles. The van der Waals surface area contributed by atoms with Crippen molar-refractivity contribution in [2.45, 2.75) is 13.0 Å². The number of carbonyl (C=O) groups excluding carboxylic acids is 1. The van der Waals surface area contributed by atoms with Gasteiger partial charge in [0.15, 0.2) is 12.4 Å². The minimum absolute atomic E-state index is 0.0965. The molecule has 0 radical (unpaired) electrons. The van der Waals surface area contributed by atoms with Gasteiger partial charge in [0.05, 0.1) is 7.11 Å². The maximum absolute atomic E-state index is 12.3. The molecule has 2 aromatic carbocycles. The summed E-state index contributed by atoms with van der Waals surface area (Å²) in [6.45, 7) is 1.17. The van der Waals surface area contributed by atoms with Crippen LogP contribution in [0, 0.1) is 0 Å². The van der Waals surface area contributed by atoms with E-state index in [-0.39, 0.29) is 18.3 Å². The Labute approximate surface area is 146 Å². The number of oxime groups is 1. The SMILES string of the molecule is COc1ccc(/C(N)=N/OCC(=O)N2CCc3ccccc3C2)cc1. The Morgan fingerprint density at radius 3 is 2.60 bits per heavy atom. The van der Waals surface area contributed by atoms with Crippen molar-refractivity contribution in [1.29, 1.82) is 0 Å². The maximum Gasteiger partial charge on any atom is 0.263 e. The second-order valence-corrected chi connectivity index (χ2v) is 5.81. The van der Waals surface area contributed by atoms with Gasteiger partial charge in [-0.15, -0.1) is 0 Å². The number of ether oxygens (including phenoxy) is 1. The predicted octanol–water partition coefficient (Wildman–Crippen LogP) is 1.92. The highest BCUT2D eigenvalue weighted by Gasteiger charge is 2.20. The van der Waals surface area contributed by atoms with Crippen LogP contribution >= 0.6 is 0 Å². The lowest BCUT2D eigenvalue weighted by atomic mass is 10.00. The van der Waals surface area contributed by atoms with Crippen molar-refractivity contribution < 1.29 is 14.4 Å². The third-order valence-electron chi connectivity index (χ3n) is 4.22. The van der Waals surface area contributed by atoms with Crippen LogP contribution in [0.1, 0.15) is 16.7 Å². The summed E-state index contributed by atoms with van der Waals surface area (Å²) in [5.74, 6) is 0.859. The Bertz CT molecular complexity index is 772. The number of nitrogens with zero attached hydrogens (tertiary/aromatic N) is 2. The molecule has 0 unspecified atom stereocenters. The molecule has 25 heavy (non-hydrogen) atoms. The fourth-order valence-electron chi connectivity index (χ4n) is 2.77. The van der Waals surface area contributed by atoms with Gasteiger partial charge in [0.2, 0.25) is 0 Å². The van der Waals surface area contributed by atoms with E-state index in [0.717, 1.165) is 12.2 Å². The van der Waals surface area contributed by atoms with Crippen LogP contribution in [0.15, 0.2) is 53.7 Å². The van der Waals surface area contributed by atoms with E-state index in [1.165, 1.54) is 11.1 Å². The average Bonchev–Trinajstić information content (AvgIpc) is 2.67. The Morgan fingerprint density at radius 2 is 1.88 bits per heavy atom. The van der Waals surface area contributed by atoms with E-state index in [1.807, 2.05) is 12.1 Å². The summed E-state index contributed by atoms with van der Waals surface area (Å²) >= 11 is 0. The van der Waals surface area contributed by atoms with E-state index in [4.69, 9.17) is 15.3 Å². The first-order chi connectivity index (χ1) is 12.2. The molecule has 0 atom stereocenters. The number of benzene rings is 2. The summed E-state index contributed by atoms with van der Waals surface area (Å²) in [5.41, 5.74) is 9.07. The second-order valence-electron chi connectivity index (χ2n) is 5.81. The van der Waals surface area contributed by atoms with Crippen molar-refractivity contribution in [3.63, 3.8) is 0 Å². The first-order valence-electron chi connectivity index (χ1n) is 8.12. The highest BCUT2D eigenvalue weighted by molar-refractivity contribution is 5.97. The van der Waals surface area contributed by atoms with E-state index in [9.17, 15) is 4.79 Å². The minimum atomic E-state index is -0.126. The van der Waals surface area contributed by atoms with Crippen molar-refractivity contribution in [2.75, 3.05) is 20.3 Å². The van der Waals surface area contributed by atoms with Gasteiger partial charge in [-0.2, -0.15) is 0 Å². The molecule has 0 saturated carbocycles. The van der Waals surface area contributed by atoms with Crippen molar-refractivity contribution in [1.82, 2.24) is 4.90 Å². The van der Waals surface area contributed by atoms with Gasteiger partial charge in [-0.1, -0.05) is 29.4 Å². The van der Waals surface area contributed by atoms with Gasteiger partial charge in [0.25, 0.3) is 5.91 Å². The van der Waals surface area contributed by atoms with Crippen LogP contribution in [-0.2, 0) is 22.6 Å². The molecular formula is C19H21N3O3. The minimum Gasteiger partial charge on any atom is -0.497 e. The summed E-state index contributed by atoms with van der Waals surface area (Å²) in [6, 6.07) is 15.3. The van der Waals surface area contributed by atoms with Crippen LogP contribution in [-0.4, -0.2) is 36.9 Å². The number of methoxy groups -OCH3 is 1. The summed E-state index contributed by atoms with van der Waals surface area (Å²) in [6.07, 6.45) is 0.860. The summed E-state index contributed by atoms with van der Waals surface area (Å²) in [5, 5.41) is 3.84. The molecule has 6 nitrogen and oxygen atoms in total. The lowest BCUT2D eigenvalue weighted by molar-refractivity contribution is -0.137. The zero-order valence-electron chi connectivity index (χ0n) is 14.1. The number of amides is 1. The fraction of sp³-hybridized carbons (Fsp3) is 0.263. The largest absolute Gasteiger partial charge is 0.497 e. The number of rotatable bonds is 5. The quantitative estimate of drug-likeness (QED) is 0.513. The number of carbonyl (C=O) groups is 1. The average molecular weight is 339 g/mol. The molecule has 1 amide bonds. The van der Waals surface area contributed by atoms with Crippen LogP contribution in [0.5, 0.6) is 5.75 Å². The van der Waals surface area contributed by atoms with Gasteiger partial charge in [-0.05, 0) is 41.8 Å². The topological polar surface area (TPSA) is 77.1 Å². The monoisotopic (exact) mass is 339 g/mol. The number of hydrogen-bond donors (Lipinski definition) is 1. The molecule has 1 aliphatic heterocycles. The number of hydrogen-bond acceptors (Lipinski definition) is 4. The molecule has 0 fully saturated rings. The lowest BCUT2D eigenvalue weighted by Crippen LogP contribution is -2.38. The van der Waals surface area contributed by atoms with Gasteiger partial charge in [0, 0.05) is 18.7 Å². The molecule has 2 aromatic rings. The maximum atomic E-state index is 12.3. The van der Waals surface area contributed by atoms with E-state index in [2.05, 4.69) is 17.3 Å². The van der Waals surface area contributed by atoms with E-state index in [1.54, 1.807) is 36.3 Å². The van der Waals surface area contributed by atoms with Gasteiger partial charge in [-0.25, -0.2) is 0 Å². The summed E-state index contributed by atoms with van der Waals surface area (Å²) < 4.78 is 5.09. The summed E-state index contributed by atoms with van der Waals surface area (Å²) in [4.78, 5) is 19.2. The smallest absolute Gasteiger partial charge is 0.263 e. The standard InChI is InChI=1S/C19H21N3O3/c1-24-17-8-6-15(7-9-17)19(20)21-25-13-18(23)22-11-10-14-4-2-3-5-16(14)12-22/h2-9H,10-13H2,1H3,(H2,20,21). The van der Waals surface area contributed by atoms with Crippen molar-refractivity contribution in [3.8, 4) is 5.75 Å². The third-order valence-corrected chi connectivity index (χ3v) is 4.22. The molecule has 6 heteroatoms. The van der Waals surface area contributed by atoms with Crippen LogP contribution in [0.3, 0.4) is 0 Å². The predicted molar refractivity (Wildman–Crippen MR) is 95.2 cm³/mol. The fourth-order valence-corrected chi connectivity index (χ4v) is 2.77. The third kappa shape index (κ3) is 4.09. The van der Waals surface area contributed by atoms with E-state index >= 15 is 0 Å². The molecule has 1 heterocycles. The Hall–Kier alpha value is -3.02. The van der Waals surface area contributed by atoms with Gasteiger partial charge in [-0.3, -0.25) is 4.79 Å². The Morgan fingerprint density at radius 1 is 1.16 bits per heavy atom. The molecule has 0 saturated heterocycles. The van der Waals surface area contributed by atoms with Gasteiger partial charge < -0.3 is 20.2 Å².